The van der Waals surface area contributed by atoms with Crippen LogP contribution in [0, 0.1) is 17.6 Å². The molecule has 1 saturated heterocycles. The lowest BCUT2D eigenvalue weighted by molar-refractivity contribution is -0.141. The van der Waals surface area contributed by atoms with E-state index in [-0.39, 0.29) is 17.7 Å². The molecule has 2 aromatic rings. The second-order valence-electron chi connectivity index (χ2n) is 7.27. The fourth-order valence-electron chi connectivity index (χ4n) is 3.91. The standard InChI is InChI=1S/C22H25F2N3O2/c1-3-27(22(29)16-8-11-26(12-9-16)15(2)28)21(18-5-4-10-25-14-18)17-6-7-19(23)20(24)13-17/h4-7,10,13-14,16,21H,3,8-9,11-12H2,1-2H3. The fourth-order valence-corrected chi connectivity index (χ4v) is 3.91. The highest BCUT2D eigenvalue weighted by molar-refractivity contribution is 5.80. The number of hydrogen-bond acceptors (Lipinski definition) is 3. The van der Waals surface area contributed by atoms with Gasteiger partial charge in [0.05, 0.1) is 6.04 Å². The Labute approximate surface area is 169 Å². The van der Waals surface area contributed by atoms with Gasteiger partial charge in [0, 0.05) is 44.9 Å². The number of carbonyl (C=O) groups is 2. The van der Waals surface area contributed by atoms with Crippen molar-refractivity contribution in [3.05, 3.63) is 65.5 Å². The summed E-state index contributed by atoms with van der Waals surface area (Å²) in [6, 6.07) is 6.74. The molecule has 1 aromatic carbocycles. The van der Waals surface area contributed by atoms with E-state index in [0.29, 0.717) is 38.0 Å². The van der Waals surface area contributed by atoms with E-state index < -0.39 is 17.7 Å². The Kier molecular flexibility index (Phi) is 6.56. The highest BCUT2D eigenvalue weighted by Crippen LogP contribution is 2.32. The van der Waals surface area contributed by atoms with E-state index in [1.807, 2.05) is 13.0 Å². The van der Waals surface area contributed by atoms with Crippen molar-refractivity contribution in [2.45, 2.75) is 32.7 Å². The fraction of sp³-hybridized carbons (Fsp3) is 0.409. The molecule has 2 amide bonds. The normalized spacial score (nSPS) is 15.8. The molecule has 0 radical (unpaired) electrons. The van der Waals surface area contributed by atoms with Gasteiger partial charge < -0.3 is 9.80 Å². The van der Waals surface area contributed by atoms with Crippen LogP contribution < -0.4 is 0 Å². The lowest BCUT2D eigenvalue weighted by Crippen LogP contribution is -2.45. The van der Waals surface area contributed by atoms with Crippen LogP contribution in [0.4, 0.5) is 8.78 Å². The van der Waals surface area contributed by atoms with Crippen molar-refractivity contribution in [2.24, 2.45) is 5.92 Å². The summed E-state index contributed by atoms with van der Waals surface area (Å²) in [5.74, 6) is -2.12. The molecule has 1 aliphatic heterocycles. The molecule has 1 aromatic heterocycles. The molecule has 1 fully saturated rings. The van der Waals surface area contributed by atoms with Crippen molar-refractivity contribution >= 4 is 11.8 Å². The molecule has 1 aliphatic rings. The van der Waals surface area contributed by atoms with Gasteiger partial charge in [0.25, 0.3) is 0 Å². The van der Waals surface area contributed by atoms with Gasteiger partial charge in [-0.05, 0) is 49.1 Å². The van der Waals surface area contributed by atoms with Gasteiger partial charge in [-0.1, -0.05) is 12.1 Å². The summed E-state index contributed by atoms with van der Waals surface area (Å²) in [5, 5.41) is 0. The molecule has 0 N–H and O–H groups in total. The molecule has 29 heavy (non-hydrogen) atoms. The Morgan fingerprint density at radius 2 is 1.90 bits per heavy atom. The predicted octanol–water partition coefficient (Wildman–Crippen LogP) is 3.56. The van der Waals surface area contributed by atoms with Gasteiger partial charge in [-0.25, -0.2) is 8.78 Å². The Morgan fingerprint density at radius 3 is 2.45 bits per heavy atom. The lowest BCUT2D eigenvalue weighted by Gasteiger charge is -2.37. The third-order valence-corrected chi connectivity index (χ3v) is 5.48. The number of benzene rings is 1. The van der Waals surface area contributed by atoms with E-state index in [1.165, 1.54) is 13.0 Å². The van der Waals surface area contributed by atoms with Crippen LogP contribution in [0.2, 0.25) is 0 Å². The SMILES string of the molecule is CCN(C(=O)C1CCN(C(C)=O)CC1)C(c1cccnc1)c1ccc(F)c(F)c1. The molecule has 154 valence electrons. The number of nitrogens with zero attached hydrogens (tertiary/aromatic N) is 3. The van der Waals surface area contributed by atoms with Gasteiger partial charge in [0.1, 0.15) is 0 Å². The summed E-state index contributed by atoms with van der Waals surface area (Å²) >= 11 is 0. The first-order valence-electron chi connectivity index (χ1n) is 9.83. The van der Waals surface area contributed by atoms with E-state index in [1.54, 1.807) is 28.3 Å². The highest BCUT2D eigenvalue weighted by atomic mass is 19.2. The summed E-state index contributed by atoms with van der Waals surface area (Å²) in [7, 11) is 0. The Balaban J connectivity index is 1.92. The van der Waals surface area contributed by atoms with Gasteiger partial charge in [-0.15, -0.1) is 0 Å². The van der Waals surface area contributed by atoms with E-state index in [9.17, 15) is 18.4 Å². The molecule has 3 rings (SSSR count). The number of piperidine rings is 1. The molecular formula is C22H25F2N3O2. The number of amides is 2. The van der Waals surface area contributed by atoms with Crippen molar-refractivity contribution in [1.82, 2.24) is 14.8 Å². The first-order valence-corrected chi connectivity index (χ1v) is 9.83. The number of pyridine rings is 1. The molecule has 0 saturated carbocycles. The third kappa shape index (κ3) is 4.60. The molecule has 0 spiro atoms. The van der Waals surface area contributed by atoms with Crippen molar-refractivity contribution in [3.8, 4) is 0 Å². The molecule has 2 heterocycles. The topological polar surface area (TPSA) is 53.5 Å². The number of likely N-dealkylation sites (tertiary alicyclic amines) is 1. The van der Waals surface area contributed by atoms with E-state index in [2.05, 4.69) is 4.98 Å². The van der Waals surface area contributed by atoms with Crippen molar-refractivity contribution in [1.29, 1.82) is 0 Å². The minimum atomic E-state index is -0.949. The molecule has 1 unspecified atom stereocenters. The Hall–Kier alpha value is -2.83. The molecule has 0 bridgehead atoms. The first-order chi connectivity index (χ1) is 13.9. The van der Waals surface area contributed by atoms with Crippen LogP contribution in [0.15, 0.2) is 42.7 Å². The van der Waals surface area contributed by atoms with Crippen LogP contribution in [0.25, 0.3) is 0 Å². The smallest absolute Gasteiger partial charge is 0.226 e. The van der Waals surface area contributed by atoms with Crippen LogP contribution in [-0.2, 0) is 9.59 Å². The summed E-state index contributed by atoms with van der Waals surface area (Å²) < 4.78 is 27.5. The zero-order valence-electron chi connectivity index (χ0n) is 16.6. The maximum atomic E-state index is 14.0. The van der Waals surface area contributed by atoms with Gasteiger partial charge >= 0.3 is 0 Å². The van der Waals surface area contributed by atoms with E-state index in [4.69, 9.17) is 0 Å². The van der Waals surface area contributed by atoms with Gasteiger partial charge in [0.15, 0.2) is 11.6 Å². The zero-order valence-corrected chi connectivity index (χ0v) is 16.6. The monoisotopic (exact) mass is 401 g/mol. The molecule has 0 aliphatic carbocycles. The summed E-state index contributed by atoms with van der Waals surface area (Å²) in [6.45, 7) is 4.90. The summed E-state index contributed by atoms with van der Waals surface area (Å²) in [6.07, 6.45) is 4.44. The van der Waals surface area contributed by atoms with E-state index >= 15 is 0 Å². The van der Waals surface area contributed by atoms with Gasteiger partial charge in [0.2, 0.25) is 11.8 Å². The number of halogens is 2. The molecule has 1 atom stereocenters. The van der Waals surface area contributed by atoms with Crippen molar-refractivity contribution in [2.75, 3.05) is 19.6 Å². The van der Waals surface area contributed by atoms with Crippen LogP contribution in [0.3, 0.4) is 0 Å². The van der Waals surface area contributed by atoms with Gasteiger partial charge in [-0.3, -0.25) is 14.6 Å². The molecule has 7 heteroatoms. The van der Waals surface area contributed by atoms with Crippen LogP contribution in [0.5, 0.6) is 0 Å². The quantitative estimate of drug-likeness (QED) is 0.770. The average molecular weight is 401 g/mol. The first kappa shape index (κ1) is 20.9. The lowest BCUT2D eigenvalue weighted by atomic mass is 9.92. The van der Waals surface area contributed by atoms with Crippen molar-refractivity contribution in [3.63, 3.8) is 0 Å². The number of carbonyl (C=O) groups excluding carboxylic acids is 2. The zero-order chi connectivity index (χ0) is 21.0. The van der Waals surface area contributed by atoms with Crippen molar-refractivity contribution < 1.29 is 18.4 Å². The Bertz CT molecular complexity index is 868. The predicted molar refractivity (Wildman–Crippen MR) is 105 cm³/mol. The molecular weight excluding hydrogens is 376 g/mol. The maximum Gasteiger partial charge on any atom is 0.226 e. The number of rotatable bonds is 5. The van der Waals surface area contributed by atoms with Crippen LogP contribution in [-0.4, -0.2) is 46.2 Å². The summed E-state index contributed by atoms with van der Waals surface area (Å²) in [4.78, 5) is 32.5. The largest absolute Gasteiger partial charge is 0.343 e. The second-order valence-corrected chi connectivity index (χ2v) is 7.27. The molecule has 5 nitrogen and oxygen atoms in total. The van der Waals surface area contributed by atoms with Gasteiger partial charge in [-0.2, -0.15) is 0 Å². The minimum absolute atomic E-state index is 0.0123. The average Bonchev–Trinajstić information content (AvgIpc) is 2.74. The third-order valence-electron chi connectivity index (χ3n) is 5.48. The highest BCUT2D eigenvalue weighted by Gasteiger charge is 2.33. The maximum absolute atomic E-state index is 14.0. The van der Waals surface area contributed by atoms with Crippen LogP contribution in [0.1, 0.15) is 43.9 Å². The number of aromatic nitrogens is 1. The second kappa shape index (κ2) is 9.11. The minimum Gasteiger partial charge on any atom is -0.343 e. The summed E-state index contributed by atoms with van der Waals surface area (Å²) in [5.41, 5.74) is 1.23. The number of hydrogen-bond donors (Lipinski definition) is 0. The Morgan fingerprint density at radius 1 is 1.17 bits per heavy atom. The van der Waals surface area contributed by atoms with E-state index in [0.717, 1.165) is 17.7 Å². The van der Waals surface area contributed by atoms with Crippen LogP contribution >= 0.6 is 0 Å².